The Morgan fingerprint density at radius 2 is 1.49 bits per heavy atom. The van der Waals surface area contributed by atoms with Gasteiger partial charge in [-0.2, -0.15) is 0 Å². The molecule has 0 amide bonds. The van der Waals surface area contributed by atoms with Crippen LogP contribution in [-0.4, -0.2) is 36.7 Å². The topological polar surface area (TPSA) is 38.8 Å². The maximum Gasteiger partial charge on any atom is 0.573 e. The van der Waals surface area contributed by atoms with E-state index in [9.17, 15) is 18.0 Å². The Labute approximate surface area is 227 Å². The van der Waals surface area contributed by atoms with E-state index in [1.54, 1.807) is 12.1 Å². The number of hydrogen-bond acceptors (Lipinski definition) is 4. The molecule has 5 rings (SSSR count). The number of halogens is 3. The summed E-state index contributed by atoms with van der Waals surface area (Å²) in [6, 6.07) is 24.0. The zero-order valence-electron chi connectivity index (χ0n) is 21.9. The van der Waals surface area contributed by atoms with Crippen LogP contribution in [0.3, 0.4) is 0 Å². The highest BCUT2D eigenvalue weighted by atomic mass is 19.4. The fraction of sp³-hybridized carbons (Fsp3) is 0.406. The highest BCUT2D eigenvalue weighted by Crippen LogP contribution is 2.47. The van der Waals surface area contributed by atoms with E-state index in [4.69, 9.17) is 4.74 Å². The summed E-state index contributed by atoms with van der Waals surface area (Å²) in [5.41, 5.74) is 3.08. The number of benzene rings is 3. The summed E-state index contributed by atoms with van der Waals surface area (Å²) in [4.78, 5) is 15.6. The summed E-state index contributed by atoms with van der Waals surface area (Å²) in [6.45, 7) is 3.74. The van der Waals surface area contributed by atoms with Crippen molar-refractivity contribution in [3.05, 3.63) is 95.6 Å². The molecule has 1 aliphatic carbocycles. The number of rotatable bonds is 12. The number of likely N-dealkylation sites (tertiary alicyclic amines) is 1. The molecule has 0 N–H and O–H groups in total. The van der Waals surface area contributed by atoms with Crippen molar-refractivity contribution in [1.29, 1.82) is 0 Å². The largest absolute Gasteiger partial charge is 0.573 e. The van der Waals surface area contributed by atoms with Gasteiger partial charge in [-0.05, 0) is 91.6 Å². The van der Waals surface area contributed by atoms with E-state index >= 15 is 0 Å². The van der Waals surface area contributed by atoms with Gasteiger partial charge in [-0.25, -0.2) is 0 Å². The van der Waals surface area contributed by atoms with E-state index in [2.05, 4.69) is 21.8 Å². The lowest BCUT2D eigenvalue weighted by atomic mass is 9.91. The van der Waals surface area contributed by atoms with Crippen molar-refractivity contribution in [2.75, 3.05) is 19.6 Å². The van der Waals surface area contributed by atoms with Gasteiger partial charge in [0.1, 0.15) is 23.9 Å². The molecule has 2 aliphatic rings. The normalized spacial score (nSPS) is 20.0. The first kappa shape index (κ1) is 27.3. The van der Waals surface area contributed by atoms with E-state index in [1.165, 1.54) is 30.5 Å². The van der Waals surface area contributed by atoms with Crippen molar-refractivity contribution in [2.45, 2.75) is 45.1 Å². The van der Waals surface area contributed by atoms with Crippen LogP contribution in [0.2, 0.25) is 0 Å². The number of alkyl halides is 3. The highest BCUT2D eigenvalue weighted by Gasteiger charge is 2.47. The molecule has 4 nitrogen and oxygen atoms in total. The molecule has 3 aromatic carbocycles. The summed E-state index contributed by atoms with van der Waals surface area (Å²) in [5.74, 6) is 1.46. The Hall–Kier alpha value is -3.32. The molecule has 1 unspecified atom stereocenters. The monoisotopic (exact) mass is 537 g/mol. The molecule has 1 saturated carbocycles. The summed E-state index contributed by atoms with van der Waals surface area (Å²) in [6.07, 6.45) is -0.253. The fourth-order valence-electron chi connectivity index (χ4n) is 5.66. The first-order valence-corrected chi connectivity index (χ1v) is 13.7. The van der Waals surface area contributed by atoms with E-state index < -0.39 is 6.36 Å². The van der Waals surface area contributed by atoms with Crippen molar-refractivity contribution < 1.29 is 27.4 Å². The minimum atomic E-state index is -4.72. The maximum absolute atomic E-state index is 13.1. The fourth-order valence-corrected chi connectivity index (χ4v) is 5.66. The van der Waals surface area contributed by atoms with Gasteiger partial charge in [0.15, 0.2) is 0 Å². The van der Waals surface area contributed by atoms with Crippen molar-refractivity contribution in [3.63, 3.8) is 0 Å². The van der Waals surface area contributed by atoms with Crippen molar-refractivity contribution in [1.82, 2.24) is 4.90 Å². The van der Waals surface area contributed by atoms with Crippen molar-refractivity contribution in [3.8, 4) is 11.5 Å². The number of ether oxygens (including phenoxy) is 2. The number of carbonyl (C=O) groups excluding carboxylic acids is 1. The molecule has 1 aliphatic heterocycles. The van der Waals surface area contributed by atoms with Crippen LogP contribution in [0.15, 0.2) is 78.9 Å². The Kier molecular flexibility index (Phi) is 8.56. The summed E-state index contributed by atoms with van der Waals surface area (Å²) in [7, 11) is 0. The summed E-state index contributed by atoms with van der Waals surface area (Å²) >= 11 is 0. The Bertz CT molecular complexity index is 1210. The van der Waals surface area contributed by atoms with E-state index in [1.807, 2.05) is 42.5 Å². The van der Waals surface area contributed by atoms with Gasteiger partial charge in [0.05, 0.1) is 0 Å². The number of carbonyl (C=O) groups is 1. The summed E-state index contributed by atoms with van der Waals surface area (Å²) in [5, 5.41) is 0. The molecule has 2 fully saturated rings. The average Bonchev–Trinajstić information content (AvgIpc) is 3.56. The first-order valence-electron chi connectivity index (χ1n) is 13.7. The highest BCUT2D eigenvalue weighted by molar-refractivity contribution is 5.85. The van der Waals surface area contributed by atoms with Crippen LogP contribution in [0.4, 0.5) is 13.2 Å². The lowest BCUT2D eigenvalue weighted by molar-refractivity contribution is -0.274. The van der Waals surface area contributed by atoms with E-state index in [0.717, 1.165) is 43.8 Å². The average molecular weight is 538 g/mol. The van der Waals surface area contributed by atoms with Gasteiger partial charge in [0, 0.05) is 18.9 Å². The Morgan fingerprint density at radius 3 is 2.15 bits per heavy atom. The zero-order valence-corrected chi connectivity index (χ0v) is 21.9. The van der Waals surface area contributed by atoms with Crippen LogP contribution in [-0.2, 0) is 24.2 Å². The molecule has 39 heavy (non-hydrogen) atoms. The van der Waals surface area contributed by atoms with Crippen LogP contribution in [0.1, 0.15) is 36.0 Å². The number of nitrogens with zero attached hydrogens (tertiary/aromatic N) is 1. The molecular formula is C32H34F3NO3. The molecule has 206 valence electrons. The number of hydrogen-bond donors (Lipinski definition) is 0. The second-order valence-electron chi connectivity index (χ2n) is 10.7. The predicted octanol–water partition coefficient (Wildman–Crippen LogP) is 6.87. The third kappa shape index (κ3) is 8.09. The molecule has 0 aromatic heterocycles. The molecule has 0 radical (unpaired) electrons. The molecule has 3 aromatic rings. The Morgan fingerprint density at radius 1 is 0.846 bits per heavy atom. The van der Waals surface area contributed by atoms with Gasteiger partial charge in [0.2, 0.25) is 0 Å². The second-order valence-corrected chi connectivity index (χ2v) is 10.7. The maximum atomic E-state index is 13.1. The Balaban J connectivity index is 1.17. The van der Waals surface area contributed by atoms with Gasteiger partial charge in [-0.1, -0.05) is 54.6 Å². The smallest absolute Gasteiger partial charge is 0.489 e. The van der Waals surface area contributed by atoms with Crippen LogP contribution in [0, 0.1) is 17.8 Å². The first-order chi connectivity index (χ1) is 18.8. The molecule has 1 heterocycles. The standard InChI is InChI=1S/C32H34F3NO3/c33-32(34,35)39-28-14-10-24(11-15-28)19-31(37)30-20-29(30)26(21-36-16-4-5-17-36)18-23-8-12-27(13-9-23)38-22-25-6-2-1-3-7-25/h1-3,6-15,26,29-30H,4-5,16-22H2/t26-,29?,30-/m0/s1. The van der Waals surface area contributed by atoms with Gasteiger partial charge < -0.3 is 14.4 Å². The predicted molar refractivity (Wildman–Crippen MR) is 144 cm³/mol. The molecule has 7 heteroatoms. The van der Waals surface area contributed by atoms with Gasteiger partial charge >= 0.3 is 6.36 Å². The molecule has 0 spiro atoms. The zero-order chi connectivity index (χ0) is 27.2. The van der Waals surface area contributed by atoms with Crippen LogP contribution in [0.25, 0.3) is 0 Å². The van der Waals surface area contributed by atoms with Crippen molar-refractivity contribution in [2.24, 2.45) is 17.8 Å². The van der Waals surface area contributed by atoms with E-state index in [0.29, 0.717) is 24.0 Å². The second kappa shape index (κ2) is 12.2. The third-order valence-electron chi connectivity index (χ3n) is 7.76. The van der Waals surface area contributed by atoms with Crippen molar-refractivity contribution >= 4 is 5.78 Å². The molecule has 3 atom stereocenters. The SMILES string of the molecule is O=C(Cc1ccc(OC(F)(F)F)cc1)[C@H]1CC1[C@@H](Cc1ccc(OCc2ccccc2)cc1)CN1CCCC1. The van der Waals surface area contributed by atoms with Crippen LogP contribution >= 0.6 is 0 Å². The van der Waals surface area contributed by atoms with Gasteiger partial charge in [0.25, 0.3) is 0 Å². The minimum absolute atomic E-state index is 0.0113. The summed E-state index contributed by atoms with van der Waals surface area (Å²) < 4.78 is 47.1. The van der Waals surface area contributed by atoms with Gasteiger partial charge in [-0.15, -0.1) is 13.2 Å². The molecular weight excluding hydrogens is 503 g/mol. The molecule has 1 saturated heterocycles. The third-order valence-corrected chi connectivity index (χ3v) is 7.76. The minimum Gasteiger partial charge on any atom is -0.489 e. The van der Waals surface area contributed by atoms with Crippen LogP contribution in [0.5, 0.6) is 11.5 Å². The lowest BCUT2D eigenvalue weighted by Crippen LogP contribution is -2.30. The lowest BCUT2D eigenvalue weighted by Gasteiger charge is -2.24. The number of Topliss-reactive ketones (excluding diaryl/α,β-unsaturated/α-hetero) is 1. The number of ketones is 1. The van der Waals surface area contributed by atoms with Gasteiger partial charge in [-0.3, -0.25) is 4.79 Å². The molecule has 0 bridgehead atoms. The quantitative estimate of drug-likeness (QED) is 0.253. The van der Waals surface area contributed by atoms with E-state index in [-0.39, 0.29) is 23.9 Å². The van der Waals surface area contributed by atoms with Crippen LogP contribution < -0.4 is 9.47 Å².